The van der Waals surface area contributed by atoms with Gasteiger partial charge in [-0.15, -0.1) is 0 Å². The molecule has 100 valence electrons. The van der Waals surface area contributed by atoms with E-state index < -0.39 is 0 Å². The van der Waals surface area contributed by atoms with Crippen LogP contribution in [0.1, 0.15) is 12.0 Å². The fraction of sp³-hybridized carbons (Fsp3) is 0.188. The number of hydrogen-bond donors (Lipinski definition) is 1. The largest absolute Gasteiger partial charge is 0.435 e. The summed E-state index contributed by atoms with van der Waals surface area (Å²) in [5.41, 5.74) is 5.30. The number of anilines is 1. The summed E-state index contributed by atoms with van der Waals surface area (Å²) < 4.78 is 6.91. The normalized spacial score (nSPS) is 14.1. The zero-order valence-electron chi connectivity index (χ0n) is 10.8. The van der Waals surface area contributed by atoms with Gasteiger partial charge in [0.1, 0.15) is 5.52 Å². The number of nitrogens with zero attached hydrogens (tertiary/aromatic N) is 1. The molecule has 1 aliphatic heterocycles. The van der Waals surface area contributed by atoms with Crippen LogP contribution in [0.5, 0.6) is 0 Å². The molecule has 3 nitrogen and oxygen atoms in total. The zero-order chi connectivity index (χ0) is 13.5. The summed E-state index contributed by atoms with van der Waals surface area (Å²) >= 11 is 3.51. The fourth-order valence-corrected chi connectivity index (χ4v) is 3.18. The monoisotopic (exact) mass is 328 g/mol. The average molecular weight is 329 g/mol. The Kier molecular flexibility index (Phi) is 2.77. The van der Waals surface area contributed by atoms with Gasteiger partial charge in [0.25, 0.3) is 0 Å². The molecule has 1 N–H and O–H groups in total. The molecule has 0 spiro atoms. The van der Waals surface area contributed by atoms with Crippen molar-refractivity contribution in [2.75, 3.05) is 11.9 Å². The highest BCUT2D eigenvalue weighted by atomic mass is 79.9. The predicted molar refractivity (Wildman–Crippen MR) is 84.0 cm³/mol. The molecule has 0 atom stereocenters. The van der Waals surface area contributed by atoms with Gasteiger partial charge in [0.15, 0.2) is 5.58 Å². The first-order valence-electron chi connectivity index (χ1n) is 6.74. The lowest BCUT2D eigenvalue weighted by Crippen LogP contribution is -2.12. The van der Waals surface area contributed by atoms with Crippen LogP contribution in [0.15, 0.2) is 45.3 Å². The van der Waals surface area contributed by atoms with Gasteiger partial charge in [-0.3, -0.25) is 0 Å². The van der Waals surface area contributed by atoms with Crippen LogP contribution in [0.2, 0.25) is 0 Å². The van der Waals surface area contributed by atoms with E-state index in [0.717, 1.165) is 40.5 Å². The van der Waals surface area contributed by atoms with Crippen molar-refractivity contribution in [3.8, 4) is 11.5 Å². The van der Waals surface area contributed by atoms with Crippen molar-refractivity contribution in [1.82, 2.24) is 4.98 Å². The molecular weight excluding hydrogens is 316 g/mol. The molecule has 0 unspecified atom stereocenters. The minimum Gasteiger partial charge on any atom is -0.435 e. The fourth-order valence-electron chi connectivity index (χ4n) is 2.74. The van der Waals surface area contributed by atoms with Crippen LogP contribution < -0.4 is 5.32 Å². The van der Waals surface area contributed by atoms with Gasteiger partial charge in [-0.05, 0) is 58.6 Å². The van der Waals surface area contributed by atoms with E-state index in [1.165, 1.54) is 11.3 Å². The lowest BCUT2D eigenvalue weighted by Gasteiger charge is -2.19. The van der Waals surface area contributed by atoms with Gasteiger partial charge < -0.3 is 9.73 Å². The first-order chi connectivity index (χ1) is 9.83. The van der Waals surface area contributed by atoms with Crippen molar-refractivity contribution in [2.24, 2.45) is 0 Å². The third kappa shape index (κ3) is 1.83. The third-order valence-electron chi connectivity index (χ3n) is 3.69. The van der Waals surface area contributed by atoms with E-state index in [4.69, 9.17) is 4.42 Å². The summed E-state index contributed by atoms with van der Waals surface area (Å²) in [5, 5.41) is 3.44. The van der Waals surface area contributed by atoms with Crippen molar-refractivity contribution >= 4 is 32.7 Å². The Bertz CT molecular complexity index is 794. The number of para-hydroxylation sites is 1. The van der Waals surface area contributed by atoms with Gasteiger partial charge in [0.2, 0.25) is 5.89 Å². The van der Waals surface area contributed by atoms with E-state index in [1.807, 2.05) is 18.2 Å². The minimum atomic E-state index is 0.701. The molecule has 0 saturated carbocycles. The Hall–Kier alpha value is -1.81. The van der Waals surface area contributed by atoms with Crippen LogP contribution in [0.3, 0.4) is 0 Å². The van der Waals surface area contributed by atoms with Gasteiger partial charge in [-0.2, -0.15) is 0 Å². The van der Waals surface area contributed by atoms with Crippen LogP contribution in [-0.4, -0.2) is 11.5 Å². The van der Waals surface area contributed by atoms with Crippen molar-refractivity contribution in [1.29, 1.82) is 0 Å². The number of halogens is 1. The lowest BCUT2D eigenvalue weighted by atomic mass is 9.97. The van der Waals surface area contributed by atoms with Crippen LogP contribution in [0, 0.1) is 0 Å². The maximum absolute atomic E-state index is 5.97. The van der Waals surface area contributed by atoms with Gasteiger partial charge >= 0.3 is 0 Å². The zero-order valence-corrected chi connectivity index (χ0v) is 12.4. The van der Waals surface area contributed by atoms with E-state index in [0.29, 0.717) is 5.89 Å². The number of rotatable bonds is 1. The number of benzene rings is 2. The Morgan fingerprint density at radius 1 is 1.15 bits per heavy atom. The Labute approximate surface area is 125 Å². The van der Waals surface area contributed by atoms with E-state index in [2.05, 4.69) is 44.4 Å². The molecule has 4 heteroatoms. The SMILES string of the molecule is Brc1cccc2nc(-c3cccc4c3CCCN4)oc12. The first-order valence-corrected chi connectivity index (χ1v) is 7.53. The standard InChI is InChI=1S/C16H13BrN2O/c17-12-6-2-8-14-15(12)20-16(19-14)11-4-1-7-13-10(11)5-3-9-18-13/h1-2,4,6-8,18H,3,5,9H2. The highest BCUT2D eigenvalue weighted by molar-refractivity contribution is 9.10. The predicted octanol–water partition coefficient (Wildman–Crippen LogP) is 4.62. The van der Waals surface area contributed by atoms with Crippen LogP contribution in [0.25, 0.3) is 22.6 Å². The topological polar surface area (TPSA) is 38.1 Å². The maximum Gasteiger partial charge on any atom is 0.227 e. The van der Waals surface area contributed by atoms with Crippen molar-refractivity contribution < 1.29 is 4.42 Å². The summed E-state index contributed by atoms with van der Waals surface area (Å²) in [5.74, 6) is 0.701. The smallest absolute Gasteiger partial charge is 0.227 e. The Balaban J connectivity index is 1.93. The second kappa shape index (κ2) is 4.63. The summed E-state index contributed by atoms with van der Waals surface area (Å²) in [7, 11) is 0. The molecule has 0 saturated heterocycles. The van der Waals surface area contributed by atoms with Gasteiger partial charge in [0.05, 0.1) is 4.47 Å². The van der Waals surface area contributed by atoms with Crippen molar-refractivity contribution in [2.45, 2.75) is 12.8 Å². The van der Waals surface area contributed by atoms with E-state index in [-0.39, 0.29) is 0 Å². The molecule has 3 aromatic rings. The number of fused-ring (bicyclic) bond motifs is 2. The number of aromatic nitrogens is 1. The molecule has 0 aliphatic carbocycles. The first kappa shape index (κ1) is 12.0. The molecule has 1 aromatic heterocycles. The van der Waals surface area contributed by atoms with Gasteiger partial charge in [-0.25, -0.2) is 4.98 Å². The van der Waals surface area contributed by atoms with Crippen LogP contribution >= 0.6 is 15.9 Å². The maximum atomic E-state index is 5.97. The number of hydrogen-bond acceptors (Lipinski definition) is 3. The van der Waals surface area contributed by atoms with Crippen molar-refractivity contribution in [3.05, 3.63) is 46.4 Å². The van der Waals surface area contributed by atoms with Crippen LogP contribution in [0.4, 0.5) is 5.69 Å². The second-order valence-corrected chi connectivity index (χ2v) is 5.82. The quantitative estimate of drug-likeness (QED) is 0.708. The van der Waals surface area contributed by atoms with Gasteiger partial charge in [-0.1, -0.05) is 12.1 Å². The summed E-state index contributed by atoms with van der Waals surface area (Å²) in [6, 6.07) is 12.2. The average Bonchev–Trinajstić information content (AvgIpc) is 2.92. The van der Waals surface area contributed by atoms with E-state index in [1.54, 1.807) is 0 Å². The molecule has 1 aliphatic rings. The highest BCUT2D eigenvalue weighted by Gasteiger charge is 2.18. The molecule has 4 rings (SSSR count). The Morgan fingerprint density at radius 2 is 2.05 bits per heavy atom. The number of oxazole rings is 1. The van der Waals surface area contributed by atoms with E-state index >= 15 is 0 Å². The van der Waals surface area contributed by atoms with Crippen molar-refractivity contribution in [3.63, 3.8) is 0 Å². The summed E-state index contributed by atoms with van der Waals surface area (Å²) in [6.45, 7) is 1.04. The number of nitrogens with one attached hydrogen (secondary N) is 1. The third-order valence-corrected chi connectivity index (χ3v) is 4.32. The Morgan fingerprint density at radius 3 is 2.95 bits per heavy atom. The molecule has 20 heavy (non-hydrogen) atoms. The molecule has 2 aromatic carbocycles. The molecule has 2 heterocycles. The molecule has 0 amide bonds. The highest BCUT2D eigenvalue weighted by Crippen LogP contribution is 2.35. The molecular formula is C16H13BrN2O. The van der Waals surface area contributed by atoms with Crippen LogP contribution in [-0.2, 0) is 6.42 Å². The molecule has 0 radical (unpaired) electrons. The molecule has 0 fully saturated rings. The molecule has 0 bridgehead atoms. The second-order valence-electron chi connectivity index (χ2n) is 4.97. The summed E-state index contributed by atoms with van der Waals surface area (Å²) in [6.07, 6.45) is 2.21. The minimum absolute atomic E-state index is 0.701. The van der Waals surface area contributed by atoms with Gasteiger partial charge in [0, 0.05) is 17.8 Å². The lowest BCUT2D eigenvalue weighted by molar-refractivity contribution is 0.616. The summed E-state index contributed by atoms with van der Waals surface area (Å²) in [4.78, 5) is 4.63. The van der Waals surface area contributed by atoms with E-state index in [9.17, 15) is 0 Å².